The molecule has 0 aliphatic carbocycles. The molecule has 0 aliphatic rings. The highest BCUT2D eigenvalue weighted by molar-refractivity contribution is 6.07. The number of nitrogens with zero attached hydrogens (tertiary/aromatic N) is 1. The zero-order chi connectivity index (χ0) is 20.7. The Labute approximate surface area is 166 Å². The molecule has 0 atom stereocenters. The van der Waals surface area contributed by atoms with E-state index in [1.165, 1.54) is 4.90 Å². The summed E-state index contributed by atoms with van der Waals surface area (Å²) in [5, 5.41) is 0. The number of amides is 1. The van der Waals surface area contributed by atoms with Gasteiger partial charge in [-0.15, -0.1) is 0 Å². The molecule has 2 aromatic rings. The largest absolute Gasteiger partial charge is 0.490 e. The van der Waals surface area contributed by atoms with E-state index in [2.05, 4.69) is 0 Å². The van der Waals surface area contributed by atoms with Gasteiger partial charge in [-0.3, -0.25) is 9.59 Å². The molecule has 0 N–H and O–H groups in total. The third kappa shape index (κ3) is 5.71. The summed E-state index contributed by atoms with van der Waals surface area (Å²) in [5.41, 5.74) is 3.59. The van der Waals surface area contributed by atoms with Gasteiger partial charge < -0.3 is 14.4 Å². The van der Waals surface area contributed by atoms with Crippen molar-refractivity contribution in [3.05, 3.63) is 64.7 Å². The summed E-state index contributed by atoms with van der Waals surface area (Å²) in [6, 6.07) is 11.1. The Balaban J connectivity index is 2.17. The van der Waals surface area contributed by atoms with Gasteiger partial charge in [-0.2, -0.15) is 0 Å². The van der Waals surface area contributed by atoms with Gasteiger partial charge in [-0.1, -0.05) is 35.9 Å². The fraction of sp³-hybridized carbons (Fsp3) is 0.304. The smallest absolute Gasteiger partial charge is 0.259 e. The van der Waals surface area contributed by atoms with Crippen molar-refractivity contribution in [2.75, 3.05) is 27.3 Å². The molecule has 148 valence electrons. The molecule has 0 spiro atoms. The van der Waals surface area contributed by atoms with Gasteiger partial charge in [0.15, 0.2) is 23.9 Å². The second kappa shape index (κ2) is 9.74. The lowest BCUT2D eigenvalue weighted by Crippen LogP contribution is -2.27. The van der Waals surface area contributed by atoms with E-state index in [4.69, 9.17) is 9.47 Å². The predicted molar refractivity (Wildman–Crippen MR) is 111 cm³/mol. The van der Waals surface area contributed by atoms with Gasteiger partial charge in [0.1, 0.15) is 0 Å². The first-order valence-corrected chi connectivity index (χ1v) is 9.21. The molecule has 0 aliphatic heterocycles. The highest BCUT2D eigenvalue weighted by Crippen LogP contribution is 2.29. The van der Waals surface area contributed by atoms with E-state index >= 15 is 0 Å². The van der Waals surface area contributed by atoms with Crippen molar-refractivity contribution < 1.29 is 19.1 Å². The standard InChI is InChI=1S/C23H27NO4/c1-6-27-22-14-18(9-12-21(22)28-15-23(26)24(4)5)8-11-20(25)19-10-7-16(2)13-17(19)3/h7-14H,6,15H2,1-5H3/b11-8+. The minimum atomic E-state index is -0.134. The SMILES string of the molecule is CCOc1cc(/C=C/C(=O)c2ccc(C)cc2C)ccc1OCC(=O)N(C)C. The second-order valence-corrected chi connectivity index (χ2v) is 6.73. The number of benzene rings is 2. The van der Waals surface area contributed by atoms with Crippen LogP contribution in [0, 0.1) is 13.8 Å². The van der Waals surface area contributed by atoms with Crippen LogP contribution < -0.4 is 9.47 Å². The lowest BCUT2D eigenvalue weighted by molar-refractivity contribution is -0.130. The predicted octanol–water partition coefficient (Wildman–Crippen LogP) is 4.07. The fourth-order valence-electron chi connectivity index (χ4n) is 2.64. The molecule has 0 saturated heterocycles. The summed E-state index contributed by atoms with van der Waals surface area (Å²) in [4.78, 5) is 25.7. The van der Waals surface area contributed by atoms with Crippen molar-refractivity contribution in [1.82, 2.24) is 4.90 Å². The van der Waals surface area contributed by atoms with Crippen molar-refractivity contribution in [3.8, 4) is 11.5 Å². The summed E-state index contributed by atoms with van der Waals surface area (Å²) in [7, 11) is 3.35. The summed E-state index contributed by atoms with van der Waals surface area (Å²) < 4.78 is 11.2. The van der Waals surface area contributed by atoms with Gasteiger partial charge in [0, 0.05) is 19.7 Å². The number of ketones is 1. The van der Waals surface area contributed by atoms with Crippen LogP contribution >= 0.6 is 0 Å². The minimum Gasteiger partial charge on any atom is -0.490 e. The van der Waals surface area contributed by atoms with E-state index in [9.17, 15) is 9.59 Å². The first-order chi connectivity index (χ1) is 13.3. The molecular formula is C23H27NO4. The average molecular weight is 381 g/mol. The van der Waals surface area contributed by atoms with Crippen molar-refractivity contribution in [3.63, 3.8) is 0 Å². The van der Waals surface area contributed by atoms with E-state index in [-0.39, 0.29) is 18.3 Å². The number of hydrogen-bond donors (Lipinski definition) is 0. The Morgan fingerprint density at radius 3 is 2.39 bits per heavy atom. The Hall–Kier alpha value is -3.08. The number of hydrogen-bond acceptors (Lipinski definition) is 4. The van der Waals surface area contributed by atoms with Crippen LogP contribution in [-0.4, -0.2) is 43.9 Å². The molecule has 2 aromatic carbocycles. The quantitative estimate of drug-likeness (QED) is 0.511. The maximum absolute atomic E-state index is 12.5. The van der Waals surface area contributed by atoms with E-state index < -0.39 is 0 Å². The molecule has 28 heavy (non-hydrogen) atoms. The second-order valence-electron chi connectivity index (χ2n) is 6.73. The molecule has 1 amide bonds. The monoisotopic (exact) mass is 381 g/mol. The number of aryl methyl sites for hydroxylation is 2. The van der Waals surface area contributed by atoms with Crippen molar-refractivity contribution in [2.24, 2.45) is 0 Å². The molecule has 5 heteroatoms. The van der Waals surface area contributed by atoms with Gasteiger partial charge in [0.05, 0.1) is 6.61 Å². The summed E-state index contributed by atoms with van der Waals surface area (Å²) >= 11 is 0. The van der Waals surface area contributed by atoms with E-state index in [0.29, 0.717) is 23.7 Å². The number of ether oxygens (including phenoxy) is 2. The Morgan fingerprint density at radius 1 is 1.00 bits per heavy atom. The average Bonchev–Trinajstić information content (AvgIpc) is 2.65. The number of carbonyl (C=O) groups excluding carboxylic acids is 2. The van der Waals surface area contributed by atoms with E-state index in [1.54, 1.807) is 38.4 Å². The summed E-state index contributed by atoms with van der Waals surface area (Å²) in [6.45, 7) is 6.21. The van der Waals surface area contributed by atoms with Crippen LogP contribution in [0.3, 0.4) is 0 Å². The van der Waals surface area contributed by atoms with Crippen LogP contribution in [0.2, 0.25) is 0 Å². The zero-order valence-corrected chi connectivity index (χ0v) is 17.1. The maximum atomic E-state index is 12.5. The van der Waals surface area contributed by atoms with Crippen LogP contribution in [0.4, 0.5) is 0 Å². The van der Waals surface area contributed by atoms with Gasteiger partial charge in [-0.05, 0) is 50.1 Å². The molecule has 2 rings (SSSR count). The summed E-state index contributed by atoms with van der Waals surface area (Å²) in [5.74, 6) is 0.850. The van der Waals surface area contributed by atoms with Gasteiger partial charge in [0.2, 0.25) is 0 Å². The summed E-state index contributed by atoms with van der Waals surface area (Å²) in [6.07, 6.45) is 3.30. The zero-order valence-electron chi connectivity index (χ0n) is 17.1. The number of allylic oxidation sites excluding steroid dienone is 1. The maximum Gasteiger partial charge on any atom is 0.259 e. The van der Waals surface area contributed by atoms with Gasteiger partial charge in [0.25, 0.3) is 5.91 Å². The first kappa shape index (κ1) is 21.2. The molecule has 0 aromatic heterocycles. The molecule has 5 nitrogen and oxygen atoms in total. The lowest BCUT2D eigenvalue weighted by Gasteiger charge is -2.14. The van der Waals surface area contributed by atoms with Crippen molar-refractivity contribution >= 4 is 17.8 Å². The third-order valence-corrected chi connectivity index (χ3v) is 4.19. The highest BCUT2D eigenvalue weighted by atomic mass is 16.5. The van der Waals surface area contributed by atoms with Crippen LogP contribution in [0.5, 0.6) is 11.5 Å². The molecule has 0 heterocycles. The molecule has 0 unspecified atom stereocenters. The lowest BCUT2D eigenvalue weighted by atomic mass is 10.0. The van der Waals surface area contributed by atoms with Gasteiger partial charge >= 0.3 is 0 Å². The highest BCUT2D eigenvalue weighted by Gasteiger charge is 2.10. The van der Waals surface area contributed by atoms with Crippen LogP contribution in [0.15, 0.2) is 42.5 Å². The Kier molecular flexibility index (Phi) is 7.38. The number of rotatable bonds is 8. The Bertz CT molecular complexity index is 884. The number of carbonyl (C=O) groups is 2. The molecule has 0 bridgehead atoms. The third-order valence-electron chi connectivity index (χ3n) is 4.19. The van der Waals surface area contributed by atoms with E-state index in [1.807, 2.05) is 45.0 Å². The first-order valence-electron chi connectivity index (χ1n) is 9.21. The molecule has 0 saturated carbocycles. The normalized spacial score (nSPS) is 10.8. The van der Waals surface area contributed by atoms with Crippen molar-refractivity contribution in [1.29, 1.82) is 0 Å². The molecule has 0 radical (unpaired) electrons. The van der Waals surface area contributed by atoms with Crippen molar-refractivity contribution in [2.45, 2.75) is 20.8 Å². The van der Waals surface area contributed by atoms with Crippen LogP contribution in [-0.2, 0) is 4.79 Å². The van der Waals surface area contributed by atoms with Crippen LogP contribution in [0.1, 0.15) is 34.0 Å². The number of likely N-dealkylation sites (N-methyl/N-ethyl adjacent to an activating group) is 1. The molecular weight excluding hydrogens is 354 g/mol. The molecule has 0 fully saturated rings. The van der Waals surface area contributed by atoms with E-state index in [0.717, 1.165) is 16.7 Å². The fourth-order valence-corrected chi connectivity index (χ4v) is 2.64. The minimum absolute atomic E-state index is 0.0487. The Morgan fingerprint density at radius 2 is 1.75 bits per heavy atom. The van der Waals surface area contributed by atoms with Gasteiger partial charge in [-0.25, -0.2) is 0 Å². The van der Waals surface area contributed by atoms with Crippen LogP contribution in [0.25, 0.3) is 6.08 Å². The topological polar surface area (TPSA) is 55.8 Å².